The van der Waals surface area contributed by atoms with Crippen LogP contribution in [0.2, 0.25) is 0 Å². The first-order valence-electron chi connectivity index (χ1n) is 4.95. The van der Waals surface area contributed by atoms with Gasteiger partial charge < -0.3 is 10.5 Å². The Hall–Kier alpha value is -1.47. The largest absolute Gasteiger partial charge is 0.493 e. The fourth-order valence-electron chi connectivity index (χ4n) is 1.47. The van der Waals surface area contributed by atoms with E-state index in [1.165, 1.54) is 19.3 Å². The number of nitrogens with two attached hydrogens (primary N) is 1. The summed E-state index contributed by atoms with van der Waals surface area (Å²) < 4.78 is 54.9. The number of halogens is 2. The van der Waals surface area contributed by atoms with Crippen molar-refractivity contribution in [1.82, 2.24) is 0 Å². The second-order valence-electron chi connectivity index (χ2n) is 3.53. The van der Waals surface area contributed by atoms with Gasteiger partial charge in [0, 0.05) is 18.4 Å². The number of sulfone groups is 1. The van der Waals surface area contributed by atoms with Crippen LogP contribution in [0.3, 0.4) is 0 Å². The first kappa shape index (κ1) is 14.6. The molecular formula is C11H13F2NO3S. The summed E-state index contributed by atoms with van der Waals surface area (Å²) in [7, 11) is -2.84. The Bertz CT molecular complexity index is 582. The minimum atomic E-state index is -4.01. The maximum atomic E-state index is 13.9. The molecule has 0 saturated carbocycles. The smallest absolute Gasteiger partial charge is 0.187 e. The lowest BCUT2D eigenvalue weighted by molar-refractivity contribution is 0.374. The highest BCUT2D eigenvalue weighted by Crippen LogP contribution is 2.31. The molecule has 1 rings (SSSR count). The van der Waals surface area contributed by atoms with E-state index in [1.54, 1.807) is 0 Å². The Kier molecular flexibility index (Phi) is 4.42. The molecule has 18 heavy (non-hydrogen) atoms. The maximum absolute atomic E-state index is 13.9. The molecule has 0 unspecified atom stereocenters. The summed E-state index contributed by atoms with van der Waals surface area (Å²) in [5, 5.41) is 0. The summed E-state index contributed by atoms with van der Waals surface area (Å²) in [6.45, 7) is 0.181. The van der Waals surface area contributed by atoms with Crippen LogP contribution < -0.4 is 10.5 Å². The van der Waals surface area contributed by atoms with Crippen molar-refractivity contribution in [3.63, 3.8) is 0 Å². The minimum Gasteiger partial charge on any atom is -0.493 e. The average Bonchev–Trinajstić information content (AvgIpc) is 2.23. The van der Waals surface area contributed by atoms with Crippen molar-refractivity contribution >= 4 is 15.9 Å². The van der Waals surface area contributed by atoms with Gasteiger partial charge in [0.05, 0.1) is 7.11 Å². The first-order valence-corrected chi connectivity index (χ1v) is 6.84. The van der Waals surface area contributed by atoms with Crippen LogP contribution in [0, 0.1) is 11.6 Å². The molecule has 0 aliphatic heterocycles. The molecule has 0 saturated heterocycles. The molecule has 4 nitrogen and oxygen atoms in total. The first-order chi connectivity index (χ1) is 8.32. The molecule has 0 bridgehead atoms. The zero-order valence-electron chi connectivity index (χ0n) is 9.91. The fourth-order valence-corrected chi connectivity index (χ4v) is 2.30. The van der Waals surface area contributed by atoms with E-state index in [-0.39, 0.29) is 17.9 Å². The molecule has 0 amide bonds. The molecule has 0 aliphatic carbocycles. The van der Waals surface area contributed by atoms with Gasteiger partial charge >= 0.3 is 0 Å². The second kappa shape index (κ2) is 5.45. The van der Waals surface area contributed by atoms with Crippen molar-refractivity contribution in [2.24, 2.45) is 5.73 Å². The van der Waals surface area contributed by atoms with Gasteiger partial charge in [0.2, 0.25) is 0 Å². The van der Waals surface area contributed by atoms with Crippen LogP contribution >= 0.6 is 0 Å². The summed E-state index contributed by atoms with van der Waals surface area (Å²) in [6, 6.07) is 0.893. The monoisotopic (exact) mass is 277 g/mol. The number of benzene rings is 1. The molecule has 0 fully saturated rings. The molecule has 0 heterocycles. The topological polar surface area (TPSA) is 69.4 Å². The van der Waals surface area contributed by atoms with Crippen LogP contribution in [-0.4, -0.2) is 28.3 Å². The van der Waals surface area contributed by atoms with Gasteiger partial charge in [-0.2, -0.15) is 0 Å². The van der Waals surface area contributed by atoms with E-state index >= 15 is 0 Å². The zero-order valence-corrected chi connectivity index (χ0v) is 10.7. The third kappa shape index (κ3) is 2.85. The van der Waals surface area contributed by atoms with Crippen molar-refractivity contribution in [3.8, 4) is 5.75 Å². The van der Waals surface area contributed by atoms with Gasteiger partial charge in [-0.05, 0) is 6.07 Å². The molecule has 2 N–H and O–H groups in total. The third-order valence-electron chi connectivity index (χ3n) is 2.17. The average molecular weight is 277 g/mol. The summed E-state index contributed by atoms with van der Waals surface area (Å²) in [4.78, 5) is -0.996. The maximum Gasteiger partial charge on any atom is 0.187 e. The van der Waals surface area contributed by atoms with Crippen molar-refractivity contribution in [3.05, 3.63) is 29.3 Å². The zero-order chi connectivity index (χ0) is 13.9. The molecule has 0 aromatic heterocycles. The molecule has 1 aromatic rings. The molecule has 0 spiro atoms. The number of hydrogen-bond acceptors (Lipinski definition) is 4. The van der Waals surface area contributed by atoms with E-state index in [1.807, 2.05) is 0 Å². The van der Waals surface area contributed by atoms with E-state index in [0.29, 0.717) is 0 Å². The lowest BCUT2D eigenvalue weighted by Gasteiger charge is -2.10. The van der Waals surface area contributed by atoms with Crippen LogP contribution in [0.25, 0.3) is 6.08 Å². The lowest BCUT2D eigenvalue weighted by Crippen LogP contribution is -2.07. The van der Waals surface area contributed by atoms with Gasteiger partial charge in [0.25, 0.3) is 0 Å². The normalized spacial score (nSPS) is 12.1. The van der Waals surface area contributed by atoms with Gasteiger partial charge in [0.1, 0.15) is 10.7 Å². The van der Waals surface area contributed by atoms with E-state index in [2.05, 4.69) is 0 Å². The molecular weight excluding hydrogens is 264 g/mol. The Morgan fingerprint density at radius 3 is 2.50 bits per heavy atom. The SMILES string of the molecule is COc1c(/C=C/CN)cc(F)c(S(C)(=O)=O)c1F. The predicted molar refractivity (Wildman–Crippen MR) is 64.1 cm³/mol. The van der Waals surface area contributed by atoms with Crippen LogP contribution in [0.1, 0.15) is 5.56 Å². The van der Waals surface area contributed by atoms with Crippen LogP contribution in [0.4, 0.5) is 8.78 Å². The van der Waals surface area contributed by atoms with Gasteiger partial charge in [-0.3, -0.25) is 0 Å². The molecule has 0 aliphatic rings. The fraction of sp³-hybridized carbons (Fsp3) is 0.273. The van der Waals surface area contributed by atoms with Gasteiger partial charge in [-0.25, -0.2) is 17.2 Å². The van der Waals surface area contributed by atoms with Gasteiger partial charge in [0.15, 0.2) is 21.4 Å². The second-order valence-corrected chi connectivity index (χ2v) is 5.49. The van der Waals surface area contributed by atoms with Crippen LogP contribution in [-0.2, 0) is 9.84 Å². The number of rotatable bonds is 4. The van der Waals surface area contributed by atoms with Crippen molar-refractivity contribution in [1.29, 1.82) is 0 Å². The van der Waals surface area contributed by atoms with E-state index < -0.39 is 26.4 Å². The van der Waals surface area contributed by atoms with E-state index in [0.717, 1.165) is 12.3 Å². The van der Waals surface area contributed by atoms with Crippen LogP contribution in [0.15, 0.2) is 17.0 Å². The van der Waals surface area contributed by atoms with E-state index in [9.17, 15) is 17.2 Å². The summed E-state index contributed by atoms with van der Waals surface area (Å²) in [6.07, 6.45) is 3.55. The van der Waals surface area contributed by atoms with Crippen molar-refractivity contribution < 1.29 is 21.9 Å². The lowest BCUT2D eigenvalue weighted by atomic mass is 10.1. The van der Waals surface area contributed by atoms with Gasteiger partial charge in [-0.1, -0.05) is 12.2 Å². The Morgan fingerprint density at radius 2 is 2.06 bits per heavy atom. The number of methoxy groups -OCH3 is 1. The minimum absolute atomic E-state index is 0.0883. The van der Waals surface area contributed by atoms with Gasteiger partial charge in [-0.15, -0.1) is 0 Å². The van der Waals surface area contributed by atoms with Crippen molar-refractivity contribution in [2.45, 2.75) is 4.90 Å². The summed E-state index contributed by atoms with van der Waals surface area (Å²) in [5.41, 5.74) is 5.32. The highest BCUT2D eigenvalue weighted by Gasteiger charge is 2.25. The summed E-state index contributed by atoms with van der Waals surface area (Å²) in [5.74, 6) is -2.73. The predicted octanol–water partition coefficient (Wildman–Crippen LogP) is 1.35. The number of ether oxygens (including phenoxy) is 1. The number of hydrogen-bond donors (Lipinski definition) is 1. The molecule has 1 aromatic carbocycles. The molecule has 100 valence electrons. The Labute approximate surface area is 104 Å². The van der Waals surface area contributed by atoms with E-state index in [4.69, 9.17) is 10.5 Å². The molecule has 0 atom stereocenters. The quantitative estimate of drug-likeness (QED) is 0.902. The highest BCUT2D eigenvalue weighted by atomic mass is 32.2. The molecule has 0 radical (unpaired) electrons. The highest BCUT2D eigenvalue weighted by molar-refractivity contribution is 7.90. The molecule has 7 heteroatoms. The van der Waals surface area contributed by atoms with Crippen molar-refractivity contribution in [2.75, 3.05) is 19.9 Å². The summed E-state index contributed by atoms with van der Waals surface area (Å²) >= 11 is 0. The third-order valence-corrected chi connectivity index (χ3v) is 3.28. The standard InChI is InChI=1S/C11H13F2NO3S/c1-17-10-7(4-3-5-14)6-8(12)11(9(10)13)18(2,15)16/h3-4,6H,5,14H2,1-2H3/b4-3+. The Morgan fingerprint density at radius 1 is 1.44 bits per heavy atom. The van der Waals surface area contributed by atoms with Crippen LogP contribution in [0.5, 0.6) is 5.75 Å². The Balaban J connectivity index is 3.60.